The molecule has 2 aliphatic rings. The Balaban J connectivity index is 1.83. The lowest BCUT2D eigenvalue weighted by molar-refractivity contribution is -0.127. The van der Waals surface area contributed by atoms with Crippen LogP contribution in [-0.2, 0) is 28.5 Å². The predicted molar refractivity (Wildman–Crippen MR) is 62.2 cm³/mol. The van der Waals surface area contributed by atoms with Gasteiger partial charge in [-0.2, -0.15) is 0 Å². The second kappa shape index (κ2) is 6.29. The molecule has 0 unspecified atom stereocenters. The molecule has 0 aliphatic carbocycles. The monoisotopic (exact) mass is 274 g/mol. The van der Waals surface area contributed by atoms with E-state index >= 15 is 0 Å². The van der Waals surface area contributed by atoms with E-state index in [0.29, 0.717) is 13.2 Å². The minimum Gasteiger partial charge on any atom is -0.375 e. The van der Waals surface area contributed by atoms with Gasteiger partial charge in [0, 0.05) is 7.11 Å². The van der Waals surface area contributed by atoms with Gasteiger partial charge in [0.1, 0.15) is 31.5 Å². The number of ether oxygens (including phenoxy) is 4. The number of rotatable bonds is 6. The van der Waals surface area contributed by atoms with Gasteiger partial charge in [0.05, 0.1) is 19.3 Å². The SMILES string of the molecule is COCC(=O)N[C@H]1CO[C@H]2[C@@H]1OC[C@H]2OCC(N)=O. The summed E-state index contributed by atoms with van der Waals surface area (Å²) in [6, 6.07) is -0.227. The average Bonchev–Trinajstić information content (AvgIpc) is 2.90. The fourth-order valence-corrected chi connectivity index (χ4v) is 2.30. The predicted octanol–water partition coefficient (Wildman–Crippen LogP) is -2.21. The van der Waals surface area contributed by atoms with Gasteiger partial charge in [-0.25, -0.2) is 0 Å². The minimum absolute atomic E-state index is 0.00447. The first-order chi connectivity index (χ1) is 9.11. The standard InChI is InChI=1S/C11H18N2O6/c1-16-5-9(15)13-6-2-18-11-7(3-19-10(6)11)17-4-8(12)14/h6-7,10-11H,2-5H2,1H3,(H2,12,14)(H,13,15)/t6-,7+,10+,11+/m0/s1. The number of hydrogen-bond donors (Lipinski definition) is 2. The molecule has 2 fully saturated rings. The second-order valence-corrected chi connectivity index (χ2v) is 4.52. The van der Waals surface area contributed by atoms with Crippen LogP contribution in [0.25, 0.3) is 0 Å². The van der Waals surface area contributed by atoms with E-state index in [4.69, 9.17) is 24.7 Å². The maximum Gasteiger partial charge on any atom is 0.246 e. The molecule has 8 heteroatoms. The molecule has 4 atom stereocenters. The molecule has 2 aliphatic heterocycles. The van der Waals surface area contributed by atoms with Crippen LogP contribution in [-0.4, -0.2) is 69.7 Å². The topological polar surface area (TPSA) is 109 Å². The number of carbonyl (C=O) groups is 2. The summed E-state index contributed by atoms with van der Waals surface area (Å²) in [6.07, 6.45) is -0.882. The maximum absolute atomic E-state index is 11.4. The Morgan fingerprint density at radius 2 is 2.00 bits per heavy atom. The van der Waals surface area contributed by atoms with Crippen molar-refractivity contribution in [1.29, 1.82) is 0 Å². The fourth-order valence-electron chi connectivity index (χ4n) is 2.30. The van der Waals surface area contributed by atoms with Gasteiger partial charge in [-0.1, -0.05) is 0 Å². The molecule has 19 heavy (non-hydrogen) atoms. The summed E-state index contributed by atoms with van der Waals surface area (Å²) >= 11 is 0. The van der Waals surface area contributed by atoms with E-state index < -0.39 is 5.91 Å². The zero-order valence-corrected chi connectivity index (χ0v) is 10.7. The molecule has 0 radical (unpaired) electrons. The van der Waals surface area contributed by atoms with Crippen molar-refractivity contribution in [1.82, 2.24) is 5.32 Å². The Hall–Kier alpha value is -1.22. The van der Waals surface area contributed by atoms with Gasteiger partial charge in [0.2, 0.25) is 11.8 Å². The van der Waals surface area contributed by atoms with Gasteiger partial charge in [0.25, 0.3) is 0 Å². The van der Waals surface area contributed by atoms with E-state index in [0.717, 1.165) is 0 Å². The third-order valence-electron chi connectivity index (χ3n) is 3.07. The van der Waals surface area contributed by atoms with Gasteiger partial charge < -0.3 is 30.0 Å². The zero-order chi connectivity index (χ0) is 13.8. The Labute approximate surface area is 110 Å². The molecule has 0 aromatic heterocycles. The molecular weight excluding hydrogens is 256 g/mol. The summed E-state index contributed by atoms with van der Waals surface area (Å²) in [4.78, 5) is 22.1. The number of carbonyl (C=O) groups excluding carboxylic acids is 2. The van der Waals surface area contributed by atoms with E-state index in [9.17, 15) is 9.59 Å². The largest absolute Gasteiger partial charge is 0.375 e. The summed E-state index contributed by atoms with van der Waals surface area (Å²) in [5.74, 6) is -0.756. The minimum atomic E-state index is -0.536. The first kappa shape index (κ1) is 14.2. The molecule has 108 valence electrons. The normalized spacial score (nSPS) is 33.1. The van der Waals surface area contributed by atoms with Crippen LogP contribution in [0.4, 0.5) is 0 Å². The van der Waals surface area contributed by atoms with Crippen LogP contribution < -0.4 is 11.1 Å². The molecular formula is C11H18N2O6. The van der Waals surface area contributed by atoms with E-state index in [2.05, 4.69) is 5.32 Å². The van der Waals surface area contributed by atoms with Gasteiger partial charge in [0.15, 0.2) is 0 Å². The van der Waals surface area contributed by atoms with E-state index in [-0.39, 0.29) is 43.5 Å². The molecule has 8 nitrogen and oxygen atoms in total. The Morgan fingerprint density at radius 3 is 2.68 bits per heavy atom. The number of nitrogens with one attached hydrogen (secondary N) is 1. The highest BCUT2D eigenvalue weighted by atomic mass is 16.6. The third-order valence-corrected chi connectivity index (χ3v) is 3.07. The summed E-state index contributed by atoms with van der Waals surface area (Å²) in [7, 11) is 1.45. The number of hydrogen-bond acceptors (Lipinski definition) is 6. The molecule has 0 spiro atoms. The molecule has 0 aromatic carbocycles. The quantitative estimate of drug-likeness (QED) is 0.568. The molecule has 2 saturated heterocycles. The van der Waals surface area contributed by atoms with Crippen LogP contribution in [0, 0.1) is 0 Å². The number of primary amides is 1. The fraction of sp³-hybridized carbons (Fsp3) is 0.818. The second-order valence-electron chi connectivity index (χ2n) is 4.52. The Bertz CT molecular complexity index is 350. The summed E-state index contributed by atoms with van der Waals surface area (Å²) in [6.45, 7) is 0.497. The molecule has 0 aromatic rings. The van der Waals surface area contributed by atoms with Crippen molar-refractivity contribution in [2.45, 2.75) is 24.4 Å². The van der Waals surface area contributed by atoms with Crippen LogP contribution in [0.3, 0.4) is 0 Å². The molecule has 2 heterocycles. The Morgan fingerprint density at radius 1 is 1.26 bits per heavy atom. The van der Waals surface area contributed by atoms with Gasteiger partial charge >= 0.3 is 0 Å². The van der Waals surface area contributed by atoms with Crippen molar-refractivity contribution >= 4 is 11.8 Å². The van der Waals surface area contributed by atoms with E-state index in [1.807, 2.05) is 0 Å². The van der Waals surface area contributed by atoms with Crippen LogP contribution in [0.5, 0.6) is 0 Å². The van der Waals surface area contributed by atoms with E-state index in [1.54, 1.807) is 0 Å². The van der Waals surface area contributed by atoms with Gasteiger partial charge in [-0.05, 0) is 0 Å². The summed E-state index contributed by atoms with van der Waals surface area (Å²) < 4.78 is 21.2. The van der Waals surface area contributed by atoms with Crippen LogP contribution in [0.15, 0.2) is 0 Å². The molecule has 2 amide bonds. The smallest absolute Gasteiger partial charge is 0.246 e. The third kappa shape index (κ3) is 3.41. The Kier molecular flexibility index (Phi) is 4.70. The lowest BCUT2D eigenvalue weighted by Gasteiger charge is -2.17. The average molecular weight is 274 g/mol. The molecule has 0 bridgehead atoms. The summed E-state index contributed by atoms with van der Waals surface area (Å²) in [5.41, 5.74) is 5.02. The highest BCUT2D eigenvalue weighted by Gasteiger charge is 2.48. The molecule has 2 rings (SSSR count). The van der Waals surface area contributed by atoms with Crippen molar-refractivity contribution in [3.8, 4) is 0 Å². The van der Waals surface area contributed by atoms with Crippen molar-refractivity contribution in [2.24, 2.45) is 5.73 Å². The molecule has 0 saturated carbocycles. The number of fused-ring (bicyclic) bond motifs is 1. The number of methoxy groups -OCH3 is 1. The van der Waals surface area contributed by atoms with Crippen molar-refractivity contribution in [3.63, 3.8) is 0 Å². The number of amides is 2. The zero-order valence-electron chi connectivity index (χ0n) is 10.7. The van der Waals surface area contributed by atoms with Crippen molar-refractivity contribution < 1.29 is 28.5 Å². The van der Waals surface area contributed by atoms with E-state index in [1.165, 1.54) is 7.11 Å². The van der Waals surface area contributed by atoms with Crippen LogP contribution in [0.1, 0.15) is 0 Å². The lowest BCUT2D eigenvalue weighted by Crippen LogP contribution is -2.45. The first-order valence-electron chi connectivity index (χ1n) is 6.03. The van der Waals surface area contributed by atoms with Gasteiger partial charge in [-0.3, -0.25) is 9.59 Å². The first-order valence-corrected chi connectivity index (χ1v) is 6.03. The number of nitrogens with two attached hydrogens (primary N) is 1. The van der Waals surface area contributed by atoms with Crippen molar-refractivity contribution in [2.75, 3.05) is 33.5 Å². The lowest BCUT2D eigenvalue weighted by atomic mass is 10.1. The summed E-state index contributed by atoms with van der Waals surface area (Å²) in [5, 5.41) is 2.78. The van der Waals surface area contributed by atoms with Crippen LogP contribution >= 0.6 is 0 Å². The highest BCUT2D eigenvalue weighted by Crippen LogP contribution is 2.28. The maximum atomic E-state index is 11.4. The van der Waals surface area contributed by atoms with Gasteiger partial charge in [-0.15, -0.1) is 0 Å². The van der Waals surface area contributed by atoms with Crippen LogP contribution in [0.2, 0.25) is 0 Å². The molecule has 3 N–H and O–H groups in total. The highest BCUT2D eigenvalue weighted by molar-refractivity contribution is 5.77. The van der Waals surface area contributed by atoms with Crippen molar-refractivity contribution in [3.05, 3.63) is 0 Å².